The van der Waals surface area contributed by atoms with E-state index in [9.17, 15) is 22.8 Å². The molecule has 2 heterocycles. The lowest BCUT2D eigenvalue weighted by molar-refractivity contribution is -0.137. The number of rotatable bonds is 4. The molecule has 0 aliphatic carbocycles. The van der Waals surface area contributed by atoms with Crippen LogP contribution in [0.5, 0.6) is 0 Å². The fourth-order valence-electron chi connectivity index (χ4n) is 5.32. The zero-order valence-electron chi connectivity index (χ0n) is 19.9. The number of hydrogen-bond acceptors (Lipinski definition) is 4. The van der Waals surface area contributed by atoms with Crippen LogP contribution in [0.25, 0.3) is 0 Å². The number of carbonyl (C=O) groups is 2. The van der Waals surface area contributed by atoms with E-state index in [0.29, 0.717) is 43.9 Å². The molecule has 0 aromatic heterocycles. The number of primary amides is 1. The molecule has 2 aromatic rings. The number of alkyl halides is 3. The maximum Gasteiger partial charge on any atom is 0.417 e. The molecule has 36 heavy (non-hydrogen) atoms. The summed E-state index contributed by atoms with van der Waals surface area (Å²) in [6.45, 7) is 3.39. The Hall–Kier alpha value is -3.74. The zero-order chi connectivity index (χ0) is 26.1. The SMILES string of the molecule is CCc1ccc(NC(=O)N2CC(C(N)=O)C3(CCN(c4ccc(C#N)c(C(F)(F)F)c4)CC3)C2)cc1. The molecular weight excluding hydrogens is 471 g/mol. The third kappa shape index (κ3) is 4.96. The molecule has 4 rings (SSSR count). The first-order valence-electron chi connectivity index (χ1n) is 11.9. The molecule has 2 aromatic carbocycles. The van der Waals surface area contributed by atoms with Gasteiger partial charge in [-0.15, -0.1) is 0 Å². The van der Waals surface area contributed by atoms with E-state index in [-0.39, 0.29) is 12.6 Å². The summed E-state index contributed by atoms with van der Waals surface area (Å²) in [4.78, 5) is 28.7. The predicted molar refractivity (Wildman–Crippen MR) is 129 cm³/mol. The van der Waals surface area contributed by atoms with Gasteiger partial charge in [0.25, 0.3) is 0 Å². The first-order chi connectivity index (χ1) is 17.1. The van der Waals surface area contributed by atoms with Crippen molar-refractivity contribution in [2.45, 2.75) is 32.4 Å². The molecular formula is C26H28F3N5O2. The van der Waals surface area contributed by atoms with Crippen molar-refractivity contribution in [3.63, 3.8) is 0 Å². The minimum absolute atomic E-state index is 0.198. The molecule has 0 radical (unpaired) electrons. The van der Waals surface area contributed by atoms with E-state index >= 15 is 0 Å². The number of urea groups is 1. The number of aryl methyl sites for hydroxylation is 1. The summed E-state index contributed by atoms with van der Waals surface area (Å²) in [5, 5.41) is 11.9. The van der Waals surface area contributed by atoms with Gasteiger partial charge in [-0.2, -0.15) is 18.4 Å². The van der Waals surface area contributed by atoms with Crippen LogP contribution < -0.4 is 16.0 Å². The summed E-state index contributed by atoms with van der Waals surface area (Å²) in [7, 11) is 0. The fraction of sp³-hybridized carbons (Fsp3) is 0.423. The van der Waals surface area contributed by atoms with Gasteiger partial charge in [0.05, 0.1) is 23.1 Å². The molecule has 190 valence electrons. The van der Waals surface area contributed by atoms with Gasteiger partial charge in [0.15, 0.2) is 0 Å². The Balaban J connectivity index is 1.47. The van der Waals surface area contributed by atoms with E-state index in [4.69, 9.17) is 11.0 Å². The molecule has 3 N–H and O–H groups in total. The molecule has 1 unspecified atom stereocenters. The second-order valence-corrected chi connectivity index (χ2v) is 9.50. The van der Waals surface area contributed by atoms with E-state index in [1.807, 2.05) is 36.1 Å². The molecule has 1 atom stereocenters. The van der Waals surface area contributed by atoms with Crippen LogP contribution in [0.3, 0.4) is 0 Å². The Morgan fingerprint density at radius 3 is 2.39 bits per heavy atom. The third-order valence-corrected chi connectivity index (χ3v) is 7.45. The summed E-state index contributed by atoms with van der Waals surface area (Å²) in [6.07, 6.45) is -2.75. The number of halogens is 3. The molecule has 2 fully saturated rings. The van der Waals surface area contributed by atoms with E-state index in [1.54, 1.807) is 11.0 Å². The van der Waals surface area contributed by atoms with Crippen molar-refractivity contribution in [1.82, 2.24) is 4.90 Å². The molecule has 0 saturated carbocycles. The number of nitrogens with one attached hydrogen (secondary N) is 1. The Labute approximate surface area is 207 Å². The maximum absolute atomic E-state index is 13.4. The molecule has 7 nitrogen and oxygen atoms in total. The van der Waals surface area contributed by atoms with E-state index < -0.39 is 34.5 Å². The molecule has 2 aliphatic rings. The van der Waals surface area contributed by atoms with Crippen LogP contribution in [0.15, 0.2) is 42.5 Å². The van der Waals surface area contributed by atoms with Crippen molar-refractivity contribution in [2.24, 2.45) is 17.1 Å². The van der Waals surface area contributed by atoms with Gasteiger partial charge in [0, 0.05) is 43.0 Å². The van der Waals surface area contributed by atoms with Gasteiger partial charge in [-0.3, -0.25) is 4.79 Å². The summed E-state index contributed by atoms with van der Waals surface area (Å²) in [5.74, 6) is -1.02. The van der Waals surface area contributed by atoms with Gasteiger partial charge >= 0.3 is 12.2 Å². The second-order valence-electron chi connectivity index (χ2n) is 9.50. The van der Waals surface area contributed by atoms with Gasteiger partial charge in [-0.25, -0.2) is 4.79 Å². The highest BCUT2D eigenvalue weighted by Gasteiger charge is 2.52. The second kappa shape index (κ2) is 9.72. The van der Waals surface area contributed by atoms with Crippen LogP contribution in [-0.2, 0) is 17.4 Å². The first kappa shape index (κ1) is 25.4. The van der Waals surface area contributed by atoms with Crippen molar-refractivity contribution in [3.05, 3.63) is 59.2 Å². The summed E-state index contributed by atoms with van der Waals surface area (Å²) < 4.78 is 40.2. The Morgan fingerprint density at radius 2 is 1.83 bits per heavy atom. The zero-order valence-corrected chi connectivity index (χ0v) is 19.9. The number of anilines is 2. The number of nitrogens with two attached hydrogens (primary N) is 1. The van der Waals surface area contributed by atoms with Crippen molar-refractivity contribution in [2.75, 3.05) is 36.4 Å². The molecule has 1 spiro atoms. The van der Waals surface area contributed by atoms with Gasteiger partial charge in [0.2, 0.25) is 5.91 Å². The topological polar surface area (TPSA) is 102 Å². The summed E-state index contributed by atoms with van der Waals surface area (Å²) >= 11 is 0. The van der Waals surface area contributed by atoms with Gasteiger partial charge in [-0.05, 0) is 55.2 Å². The third-order valence-electron chi connectivity index (χ3n) is 7.45. The van der Waals surface area contributed by atoms with Crippen molar-refractivity contribution >= 4 is 23.3 Å². The average Bonchev–Trinajstić information content (AvgIpc) is 3.23. The van der Waals surface area contributed by atoms with Gasteiger partial charge in [-0.1, -0.05) is 19.1 Å². The van der Waals surface area contributed by atoms with E-state index in [0.717, 1.165) is 18.1 Å². The molecule has 0 bridgehead atoms. The molecule has 3 amide bonds. The minimum atomic E-state index is -4.63. The van der Waals surface area contributed by atoms with Crippen LogP contribution in [0.4, 0.5) is 29.3 Å². The number of nitriles is 1. The van der Waals surface area contributed by atoms with Crippen molar-refractivity contribution in [1.29, 1.82) is 5.26 Å². The monoisotopic (exact) mass is 499 g/mol. The van der Waals surface area contributed by atoms with Crippen LogP contribution in [0.1, 0.15) is 36.5 Å². The number of piperidine rings is 1. The highest BCUT2D eigenvalue weighted by Crippen LogP contribution is 2.46. The number of nitrogens with zero attached hydrogens (tertiary/aromatic N) is 3. The number of likely N-dealkylation sites (tertiary alicyclic amines) is 1. The Kier molecular flexibility index (Phi) is 6.85. The minimum Gasteiger partial charge on any atom is -0.371 e. The van der Waals surface area contributed by atoms with Crippen molar-refractivity contribution in [3.8, 4) is 6.07 Å². The van der Waals surface area contributed by atoms with Gasteiger partial charge in [0.1, 0.15) is 0 Å². The maximum atomic E-state index is 13.4. The number of benzene rings is 2. The van der Waals surface area contributed by atoms with Gasteiger partial charge < -0.3 is 20.9 Å². The highest BCUT2D eigenvalue weighted by atomic mass is 19.4. The lowest BCUT2D eigenvalue weighted by atomic mass is 9.70. The van der Waals surface area contributed by atoms with E-state index in [2.05, 4.69) is 5.32 Å². The molecule has 2 saturated heterocycles. The predicted octanol–water partition coefficient (Wildman–Crippen LogP) is 4.38. The number of amides is 3. The quantitative estimate of drug-likeness (QED) is 0.652. The number of hydrogen-bond donors (Lipinski definition) is 2. The van der Waals surface area contributed by atoms with Crippen molar-refractivity contribution < 1.29 is 22.8 Å². The highest BCUT2D eigenvalue weighted by molar-refractivity contribution is 5.90. The summed E-state index contributed by atoms with van der Waals surface area (Å²) in [6, 6.07) is 12.5. The molecule has 10 heteroatoms. The number of carbonyl (C=O) groups excluding carboxylic acids is 2. The largest absolute Gasteiger partial charge is 0.417 e. The fourth-order valence-corrected chi connectivity index (χ4v) is 5.32. The van der Waals surface area contributed by atoms with Crippen LogP contribution in [0.2, 0.25) is 0 Å². The normalized spacial score (nSPS) is 19.2. The smallest absolute Gasteiger partial charge is 0.371 e. The van der Waals surface area contributed by atoms with Crippen LogP contribution in [-0.4, -0.2) is 43.0 Å². The lowest BCUT2D eigenvalue weighted by Gasteiger charge is -2.42. The van der Waals surface area contributed by atoms with Crippen LogP contribution >= 0.6 is 0 Å². The Bertz CT molecular complexity index is 1180. The average molecular weight is 500 g/mol. The Morgan fingerprint density at radius 1 is 1.17 bits per heavy atom. The lowest BCUT2D eigenvalue weighted by Crippen LogP contribution is -2.47. The summed E-state index contributed by atoms with van der Waals surface area (Å²) in [5.41, 5.74) is 5.99. The molecule has 2 aliphatic heterocycles. The van der Waals surface area contributed by atoms with Crippen LogP contribution in [0, 0.1) is 22.7 Å². The first-order valence-corrected chi connectivity index (χ1v) is 11.9. The standard InChI is InChI=1S/C26H28F3N5O2/c1-2-17-3-6-19(7-4-17)32-24(36)34-15-22(23(31)35)25(16-34)9-11-33(12-10-25)20-8-5-18(14-30)21(13-20)26(27,28)29/h3-8,13,22H,2,9-12,15-16H2,1H3,(H2,31,35)(H,32,36). The van der Waals surface area contributed by atoms with E-state index in [1.165, 1.54) is 12.1 Å².